The molecule has 0 unspecified atom stereocenters. The molecule has 3 aromatic rings. The predicted octanol–water partition coefficient (Wildman–Crippen LogP) is 2.03. The van der Waals surface area contributed by atoms with Gasteiger partial charge in [0.25, 0.3) is 0 Å². The van der Waals surface area contributed by atoms with E-state index < -0.39 is 0 Å². The van der Waals surface area contributed by atoms with E-state index in [1.165, 1.54) is 0 Å². The molecule has 0 amide bonds. The summed E-state index contributed by atoms with van der Waals surface area (Å²) in [5, 5.41) is 13.0. The second kappa shape index (κ2) is 5.07. The molecule has 0 aliphatic heterocycles. The minimum atomic E-state index is 0.0656. The van der Waals surface area contributed by atoms with Gasteiger partial charge in [-0.05, 0) is 24.3 Å². The van der Waals surface area contributed by atoms with E-state index in [1.54, 1.807) is 0 Å². The normalized spacial score (nSPS) is 10.8. The molecular formula is C14H14N4O. The molecule has 5 nitrogen and oxygen atoms in total. The van der Waals surface area contributed by atoms with E-state index >= 15 is 0 Å². The zero-order valence-corrected chi connectivity index (χ0v) is 10.3. The summed E-state index contributed by atoms with van der Waals surface area (Å²) in [7, 11) is 0. The number of hydrogen-bond donors (Lipinski definition) is 3. The van der Waals surface area contributed by atoms with Crippen molar-refractivity contribution in [1.29, 1.82) is 0 Å². The van der Waals surface area contributed by atoms with Gasteiger partial charge in [0.05, 0.1) is 17.8 Å². The molecular weight excluding hydrogens is 240 g/mol. The first-order chi connectivity index (χ1) is 9.38. The van der Waals surface area contributed by atoms with Gasteiger partial charge in [-0.3, -0.25) is 0 Å². The van der Waals surface area contributed by atoms with Crippen molar-refractivity contribution >= 4 is 16.7 Å². The largest absolute Gasteiger partial charge is 0.395 e. The fourth-order valence-electron chi connectivity index (χ4n) is 1.98. The minimum absolute atomic E-state index is 0.0656. The first kappa shape index (κ1) is 11.7. The number of aromatic nitrogens is 3. The Labute approximate surface area is 110 Å². The van der Waals surface area contributed by atoms with Crippen LogP contribution in [-0.4, -0.2) is 33.2 Å². The van der Waals surface area contributed by atoms with E-state index in [-0.39, 0.29) is 6.61 Å². The quantitative estimate of drug-likeness (QED) is 0.666. The molecule has 0 saturated heterocycles. The lowest BCUT2D eigenvalue weighted by Gasteiger charge is -2.09. The molecule has 0 saturated carbocycles. The van der Waals surface area contributed by atoms with Crippen LogP contribution in [0.25, 0.3) is 22.4 Å². The Kier molecular flexibility index (Phi) is 3.12. The molecule has 0 fully saturated rings. The zero-order valence-electron chi connectivity index (χ0n) is 10.3. The molecule has 0 atom stereocenters. The highest BCUT2D eigenvalue weighted by Gasteiger charge is 2.08. The highest BCUT2D eigenvalue weighted by Crippen LogP contribution is 2.23. The van der Waals surface area contributed by atoms with Crippen LogP contribution in [0.5, 0.6) is 0 Å². The summed E-state index contributed by atoms with van der Waals surface area (Å²) in [6.45, 7) is 0.529. The van der Waals surface area contributed by atoms with Crippen molar-refractivity contribution in [3.8, 4) is 11.5 Å². The van der Waals surface area contributed by atoms with Gasteiger partial charge < -0.3 is 15.4 Å². The number of rotatable bonds is 4. The third-order valence-electron chi connectivity index (χ3n) is 2.85. The van der Waals surface area contributed by atoms with Crippen molar-refractivity contribution in [1.82, 2.24) is 15.0 Å². The van der Waals surface area contributed by atoms with Gasteiger partial charge in [-0.25, -0.2) is 9.97 Å². The summed E-state index contributed by atoms with van der Waals surface area (Å²) < 4.78 is 0. The van der Waals surface area contributed by atoms with Gasteiger partial charge in [-0.15, -0.1) is 0 Å². The lowest BCUT2D eigenvalue weighted by atomic mass is 10.2. The van der Waals surface area contributed by atoms with Gasteiger partial charge in [0.1, 0.15) is 5.82 Å². The highest BCUT2D eigenvalue weighted by molar-refractivity contribution is 5.90. The highest BCUT2D eigenvalue weighted by atomic mass is 16.3. The molecule has 0 aliphatic rings. The van der Waals surface area contributed by atoms with Crippen LogP contribution in [0, 0.1) is 0 Å². The van der Waals surface area contributed by atoms with E-state index in [0.29, 0.717) is 12.4 Å². The second-order valence-electron chi connectivity index (χ2n) is 4.15. The van der Waals surface area contributed by atoms with Crippen LogP contribution in [0.2, 0.25) is 0 Å². The van der Waals surface area contributed by atoms with Gasteiger partial charge in [-0.2, -0.15) is 0 Å². The molecule has 1 aromatic carbocycles. The van der Waals surface area contributed by atoms with Crippen LogP contribution < -0.4 is 5.32 Å². The van der Waals surface area contributed by atoms with Crippen molar-refractivity contribution in [2.24, 2.45) is 0 Å². The van der Waals surface area contributed by atoms with Crippen LogP contribution in [0.4, 0.5) is 5.82 Å². The molecule has 3 N–H and O–H groups in total. The number of para-hydroxylation sites is 1. The van der Waals surface area contributed by atoms with Crippen LogP contribution in [0.1, 0.15) is 0 Å². The van der Waals surface area contributed by atoms with E-state index in [4.69, 9.17) is 5.11 Å². The van der Waals surface area contributed by atoms with E-state index in [1.807, 2.05) is 42.6 Å². The van der Waals surface area contributed by atoms with E-state index in [0.717, 1.165) is 22.4 Å². The molecule has 2 heterocycles. The van der Waals surface area contributed by atoms with Crippen LogP contribution in [-0.2, 0) is 0 Å². The maximum absolute atomic E-state index is 8.94. The van der Waals surface area contributed by atoms with Crippen molar-refractivity contribution in [3.05, 3.63) is 42.6 Å². The van der Waals surface area contributed by atoms with Gasteiger partial charge in [0.2, 0.25) is 0 Å². The first-order valence-corrected chi connectivity index (χ1v) is 6.14. The molecule has 3 rings (SSSR count). The molecule has 5 heteroatoms. The van der Waals surface area contributed by atoms with Gasteiger partial charge in [0.15, 0.2) is 5.82 Å². The van der Waals surface area contributed by atoms with Crippen LogP contribution >= 0.6 is 0 Å². The van der Waals surface area contributed by atoms with Crippen molar-refractivity contribution in [2.75, 3.05) is 18.5 Å². The maximum Gasteiger partial charge on any atom is 0.178 e. The van der Waals surface area contributed by atoms with Crippen molar-refractivity contribution in [3.63, 3.8) is 0 Å². The molecule has 0 radical (unpaired) electrons. The SMILES string of the molecule is OCCNc1nc(-c2ccc[nH]2)nc2ccccc12. The summed E-state index contributed by atoms with van der Waals surface area (Å²) >= 11 is 0. The number of aliphatic hydroxyl groups is 1. The number of aliphatic hydroxyl groups excluding tert-OH is 1. The average Bonchev–Trinajstić information content (AvgIpc) is 2.98. The Hall–Kier alpha value is -2.40. The number of benzene rings is 1. The summed E-state index contributed by atoms with van der Waals surface area (Å²) in [6.07, 6.45) is 1.84. The number of anilines is 1. The molecule has 2 aromatic heterocycles. The molecule has 96 valence electrons. The van der Waals surface area contributed by atoms with E-state index in [9.17, 15) is 0 Å². The Balaban J connectivity index is 2.15. The summed E-state index contributed by atoms with van der Waals surface area (Å²) in [5.74, 6) is 1.38. The molecule has 0 spiro atoms. The second-order valence-corrected chi connectivity index (χ2v) is 4.15. The summed E-state index contributed by atoms with van der Waals surface area (Å²) in [6, 6.07) is 11.7. The summed E-state index contributed by atoms with van der Waals surface area (Å²) in [5.41, 5.74) is 1.75. The van der Waals surface area contributed by atoms with Crippen molar-refractivity contribution < 1.29 is 5.11 Å². The molecule has 0 bridgehead atoms. The number of hydrogen-bond acceptors (Lipinski definition) is 4. The third-order valence-corrected chi connectivity index (χ3v) is 2.85. The standard InChI is InChI=1S/C14H14N4O/c19-9-8-16-13-10-4-1-2-5-11(10)17-14(18-13)12-6-3-7-15-12/h1-7,15,19H,8-9H2,(H,16,17,18). The predicted molar refractivity (Wildman–Crippen MR) is 74.9 cm³/mol. The average molecular weight is 254 g/mol. The molecule has 19 heavy (non-hydrogen) atoms. The lowest BCUT2D eigenvalue weighted by Crippen LogP contribution is -2.08. The minimum Gasteiger partial charge on any atom is -0.395 e. The van der Waals surface area contributed by atoms with Crippen molar-refractivity contribution in [2.45, 2.75) is 0 Å². The zero-order chi connectivity index (χ0) is 13.1. The van der Waals surface area contributed by atoms with Gasteiger partial charge in [0, 0.05) is 18.1 Å². The smallest absolute Gasteiger partial charge is 0.178 e. The van der Waals surface area contributed by atoms with Gasteiger partial charge in [-0.1, -0.05) is 12.1 Å². The Morgan fingerprint density at radius 2 is 2.00 bits per heavy atom. The fourth-order valence-corrected chi connectivity index (χ4v) is 1.98. The van der Waals surface area contributed by atoms with E-state index in [2.05, 4.69) is 20.3 Å². The monoisotopic (exact) mass is 254 g/mol. The number of aromatic amines is 1. The number of H-pyrrole nitrogens is 1. The Bertz CT molecular complexity index is 679. The summed E-state index contributed by atoms with van der Waals surface area (Å²) in [4.78, 5) is 12.2. The maximum atomic E-state index is 8.94. The van der Waals surface area contributed by atoms with Gasteiger partial charge >= 0.3 is 0 Å². The number of nitrogens with zero attached hydrogens (tertiary/aromatic N) is 2. The topological polar surface area (TPSA) is 73.8 Å². The Morgan fingerprint density at radius 1 is 1.11 bits per heavy atom. The fraction of sp³-hybridized carbons (Fsp3) is 0.143. The van der Waals surface area contributed by atoms with Crippen LogP contribution in [0.3, 0.4) is 0 Å². The lowest BCUT2D eigenvalue weighted by molar-refractivity contribution is 0.311. The third kappa shape index (κ3) is 2.28. The number of nitrogens with one attached hydrogen (secondary N) is 2. The first-order valence-electron chi connectivity index (χ1n) is 6.14. The molecule has 0 aliphatic carbocycles. The number of fused-ring (bicyclic) bond motifs is 1. The van der Waals surface area contributed by atoms with Crippen LogP contribution in [0.15, 0.2) is 42.6 Å². The Morgan fingerprint density at radius 3 is 2.79 bits per heavy atom.